The van der Waals surface area contributed by atoms with Gasteiger partial charge in [0.15, 0.2) is 0 Å². The topological polar surface area (TPSA) is 43.4 Å². The van der Waals surface area contributed by atoms with Crippen molar-refractivity contribution in [3.05, 3.63) is 12.3 Å². The van der Waals surface area contributed by atoms with Crippen molar-refractivity contribution < 1.29 is 14.3 Å². The van der Waals surface area contributed by atoms with E-state index in [9.17, 15) is 9.59 Å². The molecule has 0 N–H and O–H groups in total. The fourth-order valence-corrected chi connectivity index (χ4v) is 2.24. The Morgan fingerprint density at radius 3 is 2.81 bits per heavy atom. The molecule has 1 atom stereocenters. The second kappa shape index (κ2) is 5.83. The number of hydrogen-bond acceptors (Lipinski definition) is 3. The number of rotatable bonds is 5. The third-order valence-electron chi connectivity index (χ3n) is 3.29. The number of allylic oxidation sites excluding steroid dienone is 1. The first-order valence-electron chi connectivity index (χ1n) is 5.94. The van der Waals surface area contributed by atoms with E-state index >= 15 is 0 Å². The average Bonchev–Trinajstić information content (AvgIpc) is 2.26. The fourth-order valence-electron chi connectivity index (χ4n) is 2.24. The van der Waals surface area contributed by atoms with E-state index in [-0.39, 0.29) is 11.6 Å². The van der Waals surface area contributed by atoms with Crippen LogP contribution in [0.3, 0.4) is 0 Å². The highest BCUT2D eigenvalue weighted by Crippen LogP contribution is 2.37. The van der Waals surface area contributed by atoms with Gasteiger partial charge in [-0.3, -0.25) is 9.59 Å². The van der Waals surface area contributed by atoms with Gasteiger partial charge in [0, 0.05) is 6.42 Å². The smallest absolute Gasteiger partial charge is 0.146 e. The molecule has 0 amide bonds. The van der Waals surface area contributed by atoms with Gasteiger partial charge in [-0.2, -0.15) is 0 Å². The molecule has 0 bridgehead atoms. The molecule has 0 aromatic heterocycles. The maximum absolute atomic E-state index is 11.9. The molecule has 90 valence electrons. The van der Waals surface area contributed by atoms with Gasteiger partial charge in [0.1, 0.15) is 11.6 Å². The minimum absolute atomic E-state index is 0.00153. The van der Waals surface area contributed by atoms with Crippen LogP contribution in [-0.2, 0) is 14.3 Å². The lowest BCUT2D eigenvalue weighted by Crippen LogP contribution is -2.40. The molecule has 0 heterocycles. The SMILES string of the molecule is CCO/C=C/CC1(C(C)=O)CCCCC1=O. The third-order valence-corrected chi connectivity index (χ3v) is 3.29. The molecule has 3 nitrogen and oxygen atoms in total. The summed E-state index contributed by atoms with van der Waals surface area (Å²) in [7, 11) is 0. The van der Waals surface area contributed by atoms with Gasteiger partial charge in [-0.25, -0.2) is 0 Å². The van der Waals surface area contributed by atoms with Crippen molar-refractivity contribution in [1.29, 1.82) is 0 Å². The quantitative estimate of drug-likeness (QED) is 0.532. The van der Waals surface area contributed by atoms with E-state index in [1.165, 1.54) is 6.92 Å². The van der Waals surface area contributed by atoms with Gasteiger partial charge in [-0.15, -0.1) is 0 Å². The first-order chi connectivity index (χ1) is 7.63. The van der Waals surface area contributed by atoms with Crippen LogP contribution in [0, 0.1) is 5.41 Å². The van der Waals surface area contributed by atoms with Gasteiger partial charge in [0.25, 0.3) is 0 Å². The molecule has 3 heteroatoms. The van der Waals surface area contributed by atoms with Crippen molar-refractivity contribution >= 4 is 11.6 Å². The lowest BCUT2D eigenvalue weighted by atomic mass is 9.68. The summed E-state index contributed by atoms with van der Waals surface area (Å²) < 4.78 is 5.08. The van der Waals surface area contributed by atoms with Gasteiger partial charge in [-0.05, 0) is 39.2 Å². The first kappa shape index (κ1) is 12.9. The summed E-state index contributed by atoms with van der Waals surface area (Å²) in [4.78, 5) is 23.6. The molecule has 16 heavy (non-hydrogen) atoms. The second-order valence-electron chi connectivity index (χ2n) is 4.30. The Labute approximate surface area is 96.9 Å². The minimum Gasteiger partial charge on any atom is -0.502 e. The van der Waals surface area contributed by atoms with Crippen molar-refractivity contribution in [3.8, 4) is 0 Å². The summed E-state index contributed by atoms with van der Waals surface area (Å²) in [5.74, 6) is 0.103. The Kier molecular flexibility index (Phi) is 4.71. The van der Waals surface area contributed by atoms with Crippen LogP contribution in [-0.4, -0.2) is 18.2 Å². The van der Waals surface area contributed by atoms with Crippen LogP contribution in [0.4, 0.5) is 0 Å². The van der Waals surface area contributed by atoms with Crippen molar-refractivity contribution in [2.45, 2.75) is 46.0 Å². The number of carbonyl (C=O) groups excluding carboxylic acids is 2. The molecule has 0 aromatic rings. The molecule has 1 aliphatic carbocycles. The molecule has 0 saturated heterocycles. The predicted octanol–water partition coefficient (Wildman–Crippen LogP) is 2.65. The zero-order chi connectivity index (χ0) is 12.0. The molecular formula is C13H20O3. The molecule has 1 saturated carbocycles. The van der Waals surface area contributed by atoms with Crippen molar-refractivity contribution in [2.24, 2.45) is 5.41 Å². The van der Waals surface area contributed by atoms with Crippen LogP contribution in [0.15, 0.2) is 12.3 Å². The Morgan fingerprint density at radius 1 is 1.50 bits per heavy atom. The number of carbonyl (C=O) groups is 2. The zero-order valence-electron chi connectivity index (χ0n) is 10.1. The summed E-state index contributed by atoms with van der Waals surface area (Å²) >= 11 is 0. The van der Waals surface area contributed by atoms with Crippen molar-refractivity contribution in [1.82, 2.24) is 0 Å². The van der Waals surface area contributed by atoms with E-state index in [0.29, 0.717) is 25.9 Å². The molecule has 1 aliphatic rings. The fraction of sp³-hybridized carbons (Fsp3) is 0.692. The van der Waals surface area contributed by atoms with Crippen molar-refractivity contribution in [3.63, 3.8) is 0 Å². The van der Waals surface area contributed by atoms with Gasteiger partial charge in [-0.1, -0.05) is 6.42 Å². The lowest BCUT2D eigenvalue weighted by molar-refractivity contribution is -0.141. The van der Waals surface area contributed by atoms with Crippen molar-refractivity contribution in [2.75, 3.05) is 6.61 Å². The van der Waals surface area contributed by atoms with Gasteiger partial charge in [0.2, 0.25) is 0 Å². The highest BCUT2D eigenvalue weighted by molar-refractivity contribution is 6.06. The maximum Gasteiger partial charge on any atom is 0.146 e. The summed E-state index contributed by atoms with van der Waals surface area (Å²) in [5, 5.41) is 0. The predicted molar refractivity (Wildman–Crippen MR) is 62.0 cm³/mol. The minimum atomic E-state index is -0.758. The van der Waals surface area contributed by atoms with E-state index in [4.69, 9.17) is 4.74 Å². The number of hydrogen-bond donors (Lipinski definition) is 0. The highest BCUT2D eigenvalue weighted by Gasteiger charge is 2.42. The van der Waals surface area contributed by atoms with Crippen LogP contribution < -0.4 is 0 Å². The molecule has 1 fully saturated rings. The van der Waals surface area contributed by atoms with Crippen LogP contribution in [0.2, 0.25) is 0 Å². The van der Waals surface area contributed by atoms with Crippen LogP contribution in [0.1, 0.15) is 46.0 Å². The molecule has 0 aliphatic heterocycles. The van der Waals surface area contributed by atoms with E-state index in [1.807, 2.05) is 6.92 Å². The zero-order valence-corrected chi connectivity index (χ0v) is 10.1. The Hall–Kier alpha value is -1.12. The number of ether oxygens (including phenoxy) is 1. The molecular weight excluding hydrogens is 204 g/mol. The number of Topliss-reactive ketones (excluding diaryl/α,β-unsaturated/α-hetero) is 2. The first-order valence-corrected chi connectivity index (χ1v) is 5.94. The normalized spacial score (nSPS) is 26.0. The van der Waals surface area contributed by atoms with E-state index in [2.05, 4.69) is 0 Å². The molecule has 1 unspecified atom stereocenters. The van der Waals surface area contributed by atoms with Crippen LogP contribution in [0.25, 0.3) is 0 Å². The second-order valence-corrected chi connectivity index (χ2v) is 4.30. The third kappa shape index (κ3) is 2.71. The monoisotopic (exact) mass is 224 g/mol. The summed E-state index contributed by atoms with van der Waals surface area (Å²) in [6.07, 6.45) is 7.00. The maximum atomic E-state index is 11.9. The Balaban J connectivity index is 2.72. The van der Waals surface area contributed by atoms with Gasteiger partial charge < -0.3 is 4.74 Å². The standard InChI is InChI=1S/C13H20O3/c1-3-16-10-6-9-13(11(2)14)8-5-4-7-12(13)15/h6,10H,3-5,7-9H2,1-2H3/b10-6+. The van der Waals surface area contributed by atoms with Crippen LogP contribution in [0.5, 0.6) is 0 Å². The number of ketones is 2. The summed E-state index contributed by atoms with van der Waals surface area (Å²) in [5.41, 5.74) is -0.758. The molecule has 1 rings (SSSR count). The Bertz CT molecular complexity index is 294. The average molecular weight is 224 g/mol. The molecule has 0 radical (unpaired) electrons. The molecule has 0 spiro atoms. The summed E-state index contributed by atoms with van der Waals surface area (Å²) in [6.45, 7) is 4.03. The lowest BCUT2D eigenvalue weighted by Gasteiger charge is -2.32. The Morgan fingerprint density at radius 2 is 2.25 bits per heavy atom. The van der Waals surface area contributed by atoms with E-state index in [0.717, 1.165) is 12.8 Å². The largest absolute Gasteiger partial charge is 0.502 e. The van der Waals surface area contributed by atoms with E-state index < -0.39 is 5.41 Å². The highest BCUT2D eigenvalue weighted by atomic mass is 16.5. The van der Waals surface area contributed by atoms with Crippen LogP contribution >= 0.6 is 0 Å². The summed E-state index contributed by atoms with van der Waals surface area (Å²) in [6, 6.07) is 0. The van der Waals surface area contributed by atoms with Gasteiger partial charge >= 0.3 is 0 Å². The molecule has 0 aromatic carbocycles. The van der Waals surface area contributed by atoms with Gasteiger partial charge in [0.05, 0.1) is 18.3 Å². The van der Waals surface area contributed by atoms with E-state index in [1.54, 1.807) is 12.3 Å².